The molecule has 0 bridgehead atoms. The van der Waals surface area contributed by atoms with Gasteiger partial charge in [0.05, 0.1) is 0 Å². The van der Waals surface area contributed by atoms with E-state index >= 15 is 0 Å². The summed E-state index contributed by atoms with van der Waals surface area (Å²) in [6.45, 7) is 5.25. The predicted octanol–water partition coefficient (Wildman–Crippen LogP) is 3.75. The van der Waals surface area contributed by atoms with Crippen LogP contribution in [0.4, 0.5) is 0 Å². The molecule has 0 saturated heterocycles. The second-order valence-electron chi connectivity index (χ2n) is 6.32. The Morgan fingerprint density at radius 3 is 2.42 bits per heavy atom. The topological polar surface area (TPSA) is 53.7 Å². The molecular weight excluding hydrogens is 302 g/mol. The number of fused-ring (bicyclic) bond motifs is 1. The molecule has 0 spiro atoms. The fraction of sp³-hybridized carbons (Fsp3) is 0.250. The molecule has 4 heteroatoms. The molecule has 0 radical (unpaired) electrons. The number of nitrogens with zero attached hydrogens (tertiary/aromatic N) is 1. The fourth-order valence-electron chi connectivity index (χ4n) is 2.90. The van der Waals surface area contributed by atoms with Gasteiger partial charge in [-0.15, -0.1) is 0 Å². The SMILES string of the molecule is Cc1cc2oc(=O)cc(CN(C)Cc3ccccc3O)c2cc1C. The molecule has 0 aliphatic heterocycles. The number of hydrogen-bond acceptors (Lipinski definition) is 4. The molecule has 1 N–H and O–H groups in total. The summed E-state index contributed by atoms with van der Waals surface area (Å²) in [7, 11) is 1.97. The maximum absolute atomic E-state index is 11.9. The summed E-state index contributed by atoms with van der Waals surface area (Å²) in [6, 6.07) is 12.8. The molecule has 2 aromatic carbocycles. The Morgan fingerprint density at radius 2 is 1.67 bits per heavy atom. The third-order valence-corrected chi connectivity index (χ3v) is 4.32. The van der Waals surface area contributed by atoms with Gasteiger partial charge in [0.1, 0.15) is 11.3 Å². The third kappa shape index (κ3) is 3.34. The van der Waals surface area contributed by atoms with Gasteiger partial charge in [0, 0.05) is 30.1 Å². The quantitative estimate of drug-likeness (QED) is 0.743. The number of rotatable bonds is 4. The van der Waals surface area contributed by atoms with Crippen molar-refractivity contribution in [2.24, 2.45) is 0 Å². The van der Waals surface area contributed by atoms with Crippen LogP contribution >= 0.6 is 0 Å². The monoisotopic (exact) mass is 323 g/mol. The van der Waals surface area contributed by atoms with Crippen LogP contribution in [-0.2, 0) is 13.1 Å². The molecule has 1 heterocycles. The van der Waals surface area contributed by atoms with Crippen molar-refractivity contribution < 1.29 is 9.52 Å². The number of aromatic hydroxyl groups is 1. The van der Waals surface area contributed by atoms with E-state index in [2.05, 4.69) is 17.9 Å². The van der Waals surface area contributed by atoms with E-state index in [1.807, 2.05) is 32.2 Å². The molecule has 0 atom stereocenters. The molecule has 1 aromatic heterocycles. The van der Waals surface area contributed by atoms with E-state index in [9.17, 15) is 9.90 Å². The summed E-state index contributed by atoms with van der Waals surface area (Å²) >= 11 is 0. The van der Waals surface area contributed by atoms with Crippen LogP contribution in [-0.4, -0.2) is 17.1 Å². The van der Waals surface area contributed by atoms with Gasteiger partial charge in [0.2, 0.25) is 0 Å². The molecule has 3 aromatic rings. The summed E-state index contributed by atoms with van der Waals surface area (Å²) < 4.78 is 5.34. The molecule has 4 nitrogen and oxygen atoms in total. The van der Waals surface area contributed by atoms with E-state index in [0.717, 1.165) is 22.1 Å². The fourth-order valence-corrected chi connectivity index (χ4v) is 2.90. The zero-order valence-corrected chi connectivity index (χ0v) is 14.2. The number of benzene rings is 2. The van der Waals surface area contributed by atoms with Gasteiger partial charge in [-0.1, -0.05) is 18.2 Å². The van der Waals surface area contributed by atoms with Crippen LogP contribution in [0, 0.1) is 13.8 Å². The molecule has 24 heavy (non-hydrogen) atoms. The Hall–Kier alpha value is -2.59. The molecule has 0 aliphatic rings. The van der Waals surface area contributed by atoms with Crippen molar-refractivity contribution in [3.05, 3.63) is 75.1 Å². The Morgan fingerprint density at radius 1 is 1.00 bits per heavy atom. The first kappa shape index (κ1) is 16.3. The summed E-state index contributed by atoms with van der Waals surface area (Å²) in [5, 5.41) is 10.9. The van der Waals surface area contributed by atoms with E-state index in [4.69, 9.17) is 4.42 Å². The minimum absolute atomic E-state index is 0.285. The van der Waals surface area contributed by atoms with Crippen molar-refractivity contribution in [2.75, 3.05) is 7.05 Å². The Kier molecular flexibility index (Phi) is 4.40. The molecule has 0 unspecified atom stereocenters. The maximum Gasteiger partial charge on any atom is 0.336 e. The number of hydrogen-bond donors (Lipinski definition) is 1. The lowest BCUT2D eigenvalue weighted by Crippen LogP contribution is -2.18. The number of para-hydroxylation sites is 1. The van der Waals surface area contributed by atoms with Gasteiger partial charge >= 0.3 is 5.63 Å². The van der Waals surface area contributed by atoms with Crippen LogP contribution in [0.25, 0.3) is 11.0 Å². The molecule has 0 amide bonds. The standard InChI is InChI=1S/C20H21NO3/c1-13-8-17-16(10-20(23)24-19(17)9-14(13)2)12-21(3)11-15-6-4-5-7-18(15)22/h4-10,22H,11-12H2,1-3H3. The van der Waals surface area contributed by atoms with Crippen LogP contribution in [0.2, 0.25) is 0 Å². The molecule has 0 aliphatic carbocycles. The highest BCUT2D eigenvalue weighted by atomic mass is 16.4. The van der Waals surface area contributed by atoms with Crippen LogP contribution in [0.3, 0.4) is 0 Å². The lowest BCUT2D eigenvalue weighted by atomic mass is 10.0. The van der Waals surface area contributed by atoms with Crippen molar-refractivity contribution >= 4 is 11.0 Å². The van der Waals surface area contributed by atoms with Gasteiger partial charge in [-0.05, 0) is 55.8 Å². The van der Waals surface area contributed by atoms with Crippen molar-refractivity contribution in [3.8, 4) is 5.75 Å². The highest BCUT2D eigenvalue weighted by Gasteiger charge is 2.11. The maximum atomic E-state index is 11.9. The van der Waals surface area contributed by atoms with Crippen LogP contribution in [0.15, 0.2) is 51.7 Å². The first-order valence-corrected chi connectivity index (χ1v) is 7.93. The number of phenolic OH excluding ortho intramolecular Hbond substituents is 1. The second kappa shape index (κ2) is 6.49. The van der Waals surface area contributed by atoms with E-state index in [-0.39, 0.29) is 11.4 Å². The minimum atomic E-state index is -0.336. The van der Waals surface area contributed by atoms with Gasteiger partial charge in [0.25, 0.3) is 0 Å². The average Bonchev–Trinajstić information content (AvgIpc) is 2.51. The summed E-state index contributed by atoms with van der Waals surface area (Å²) in [4.78, 5) is 13.9. The number of phenols is 1. The van der Waals surface area contributed by atoms with Crippen LogP contribution in [0.5, 0.6) is 5.75 Å². The zero-order chi connectivity index (χ0) is 17.3. The molecule has 0 fully saturated rings. The predicted molar refractivity (Wildman–Crippen MR) is 95.2 cm³/mol. The summed E-state index contributed by atoms with van der Waals surface area (Å²) in [6.07, 6.45) is 0. The zero-order valence-electron chi connectivity index (χ0n) is 14.2. The van der Waals surface area contributed by atoms with Gasteiger partial charge in [-0.3, -0.25) is 4.90 Å². The number of aryl methyl sites for hydroxylation is 2. The van der Waals surface area contributed by atoms with Crippen LogP contribution in [0.1, 0.15) is 22.3 Å². The molecule has 3 rings (SSSR count). The Bertz CT molecular complexity index is 943. The van der Waals surface area contributed by atoms with E-state index in [1.165, 1.54) is 5.56 Å². The smallest absolute Gasteiger partial charge is 0.336 e. The van der Waals surface area contributed by atoms with E-state index in [0.29, 0.717) is 18.7 Å². The lowest BCUT2D eigenvalue weighted by Gasteiger charge is -2.18. The summed E-state index contributed by atoms with van der Waals surface area (Å²) in [5.41, 5.74) is 4.35. The Labute approximate surface area is 141 Å². The van der Waals surface area contributed by atoms with Gasteiger partial charge < -0.3 is 9.52 Å². The van der Waals surface area contributed by atoms with Crippen molar-refractivity contribution in [3.63, 3.8) is 0 Å². The van der Waals surface area contributed by atoms with E-state index in [1.54, 1.807) is 18.2 Å². The first-order valence-electron chi connectivity index (χ1n) is 7.93. The van der Waals surface area contributed by atoms with Gasteiger partial charge in [0.15, 0.2) is 0 Å². The van der Waals surface area contributed by atoms with Crippen LogP contribution < -0.4 is 5.63 Å². The van der Waals surface area contributed by atoms with Crippen molar-refractivity contribution in [2.45, 2.75) is 26.9 Å². The van der Waals surface area contributed by atoms with Crippen molar-refractivity contribution in [1.29, 1.82) is 0 Å². The normalized spacial score (nSPS) is 11.3. The Balaban J connectivity index is 1.93. The first-order chi connectivity index (χ1) is 11.4. The third-order valence-electron chi connectivity index (χ3n) is 4.32. The van der Waals surface area contributed by atoms with Gasteiger partial charge in [-0.2, -0.15) is 0 Å². The highest BCUT2D eigenvalue weighted by molar-refractivity contribution is 5.81. The second-order valence-corrected chi connectivity index (χ2v) is 6.32. The lowest BCUT2D eigenvalue weighted by molar-refractivity contribution is 0.313. The van der Waals surface area contributed by atoms with Crippen molar-refractivity contribution in [1.82, 2.24) is 4.90 Å². The minimum Gasteiger partial charge on any atom is -0.508 e. The molecule has 124 valence electrons. The molecule has 0 saturated carbocycles. The largest absolute Gasteiger partial charge is 0.508 e. The van der Waals surface area contributed by atoms with Gasteiger partial charge in [-0.25, -0.2) is 4.79 Å². The summed E-state index contributed by atoms with van der Waals surface area (Å²) in [5.74, 6) is 0.285. The molecular formula is C20H21NO3. The highest BCUT2D eigenvalue weighted by Crippen LogP contribution is 2.23. The average molecular weight is 323 g/mol. The van der Waals surface area contributed by atoms with E-state index < -0.39 is 0 Å².